The molecule has 0 radical (unpaired) electrons. The normalized spacial score (nSPS) is 11.6. The lowest BCUT2D eigenvalue weighted by Gasteiger charge is -2.11. The number of aromatic nitrogens is 3. The highest BCUT2D eigenvalue weighted by atomic mass is 15.0. The van der Waals surface area contributed by atoms with Crippen molar-refractivity contribution in [1.82, 2.24) is 13.7 Å². The summed E-state index contributed by atoms with van der Waals surface area (Å²) in [5.41, 5.74) is 10.5. The first-order chi connectivity index (χ1) is 24.3. The Morgan fingerprint density at radius 2 is 0.939 bits per heavy atom. The zero-order valence-electron chi connectivity index (χ0n) is 26.2. The molecule has 5 heteroatoms. The van der Waals surface area contributed by atoms with Crippen LogP contribution in [-0.4, -0.2) is 13.7 Å². The third-order valence-electron chi connectivity index (χ3n) is 9.88. The molecular formula is C44H25N5. The van der Waals surface area contributed by atoms with Crippen molar-refractivity contribution in [2.75, 3.05) is 0 Å². The molecule has 0 fully saturated rings. The number of nitriles is 2. The molecule has 49 heavy (non-hydrogen) atoms. The van der Waals surface area contributed by atoms with Gasteiger partial charge in [0, 0.05) is 43.7 Å². The predicted molar refractivity (Wildman–Crippen MR) is 199 cm³/mol. The van der Waals surface area contributed by atoms with Crippen LogP contribution < -0.4 is 0 Å². The van der Waals surface area contributed by atoms with E-state index in [1.807, 2.05) is 48.5 Å². The van der Waals surface area contributed by atoms with E-state index in [0.717, 1.165) is 71.7 Å². The number of rotatable bonds is 3. The fourth-order valence-electron chi connectivity index (χ4n) is 7.93. The van der Waals surface area contributed by atoms with Crippen molar-refractivity contribution in [2.45, 2.75) is 0 Å². The Bertz CT molecular complexity index is 3050. The molecule has 7 aromatic carbocycles. The van der Waals surface area contributed by atoms with E-state index in [0.29, 0.717) is 11.1 Å². The maximum absolute atomic E-state index is 10.2. The second kappa shape index (κ2) is 10.2. The second-order valence-electron chi connectivity index (χ2n) is 12.4. The zero-order chi connectivity index (χ0) is 32.6. The van der Waals surface area contributed by atoms with Gasteiger partial charge in [-0.25, -0.2) is 0 Å². The molecule has 3 aromatic heterocycles. The number of hydrogen-bond donors (Lipinski definition) is 0. The van der Waals surface area contributed by atoms with Crippen LogP contribution in [0.3, 0.4) is 0 Å². The van der Waals surface area contributed by atoms with Crippen molar-refractivity contribution < 1.29 is 0 Å². The summed E-state index contributed by atoms with van der Waals surface area (Å²) in [6.45, 7) is 0. The molecule has 10 aromatic rings. The smallest absolute Gasteiger partial charge is 0.101 e. The van der Waals surface area contributed by atoms with Gasteiger partial charge in [-0.15, -0.1) is 0 Å². The number of fused-ring (bicyclic) bond motifs is 11. The minimum absolute atomic E-state index is 0.588. The number of hydrogen-bond acceptors (Lipinski definition) is 2. The summed E-state index contributed by atoms with van der Waals surface area (Å²) in [4.78, 5) is 0. The Labute approximate surface area is 280 Å². The van der Waals surface area contributed by atoms with Crippen LogP contribution in [0.25, 0.3) is 82.5 Å². The number of nitrogens with zero attached hydrogens (tertiary/aromatic N) is 5. The summed E-state index contributed by atoms with van der Waals surface area (Å²) in [5, 5.41) is 26.9. The summed E-state index contributed by atoms with van der Waals surface area (Å²) in [6, 6.07) is 57.0. The molecular weight excluding hydrogens is 599 g/mol. The van der Waals surface area contributed by atoms with Crippen molar-refractivity contribution in [2.24, 2.45) is 0 Å². The third kappa shape index (κ3) is 3.67. The van der Waals surface area contributed by atoms with Gasteiger partial charge in [0.25, 0.3) is 0 Å². The molecule has 0 bridgehead atoms. The highest BCUT2D eigenvalue weighted by Gasteiger charge is 2.25. The summed E-state index contributed by atoms with van der Waals surface area (Å²) >= 11 is 0. The Morgan fingerprint density at radius 1 is 0.388 bits per heavy atom. The highest BCUT2D eigenvalue weighted by Crippen LogP contribution is 2.46. The molecule has 10 rings (SSSR count). The van der Waals surface area contributed by atoms with E-state index < -0.39 is 0 Å². The van der Waals surface area contributed by atoms with Crippen molar-refractivity contribution in [3.8, 4) is 29.2 Å². The van der Waals surface area contributed by atoms with Gasteiger partial charge in [0.1, 0.15) is 6.07 Å². The fourth-order valence-corrected chi connectivity index (χ4v) is 7.93. The van der Waals surface area contributed by atoms with Gasteiger partial charge in [0.15, 0.2) is 0 Å². The minimum Gasteiger partial charge on any atom is -0.309 e. The van der Waals surface area contributed by atoms with Crippen LogP contribution in [0, 0.1) is 22.7 Å². The average molecular weight is 624 g/mol. The molecule has 0 aliphatic heterocycles. The van der Waals surface area contributed by atoms with Gasteiger partial charge < -0.3 is 13.7 Å². The molecule has 0 saturated heterocycles. The van der Waals surface area contributed by atoms with Gasteiger partial charge in [0.05, 0.1) is 56.0 Å². The monoisotopic (exact) mass is 623 g/mol. The SMILES string of the molecule is N#Cc1ccc2c(c1)c1c(ccc3c4ccc5c(c6ccccc6n5-c5ccccc5)c4n(-c4ccccc4)c31)n2-c1ccccc1C#N. The Balaban J connectivity index is 1.49. The quantitative estimate of drug-likeness (QED) is 0.197. The van der Waals surface area contributed by atoms with E-state index in [1.54, 1.807) is 0 Å². The lowest BCUT2D eigenvalue weighted by molar-refractivity contribution is 1.16. The van der Waals surface area contributed by atoms with Crippen molar-refractivity contribution in [1.29, 1.82) is 10.5 Å². The van der Waals surface area contributed by atoms with Gasteiger partial charge >= 0.3 is 0 Å². The van der Waals surface area contributed by atoms with Crippen LogP contribution in [-0.2, 0) is 0 Å². The van der Waals surface area contributed by atoms with Crippen LogP contribution in [0.15, 0.2) is 152 Å². The lowest BCUT2D eigenvalue weighted by Crippen LogP contribution is -1.97. The Morgan fingerprint density at radius 3 is 1.63 bits per heavy atom. The number of para-hydroxylation sites is 4. The maximum Gasteiger partial charge on any atom is 0.101 e. The van der Waals surface area contributed by atoms with E-state index in [1.165, 1.54) is 10.8 Å². The van der Waals surface area contributed by atoms with Crippen LogP contribution in [0.2, 0.25) is 0 Å². The molecule has 0 spiro atoms. The highest BCUT2D eigenvalue weighted by molar-refractivity contribution is 6.31. The molecule has 0 unspecified atom stereocenters. The third-order valence-corrected chi connectivity index (χ3v) is 9.88. The summed E-state index contributed by atoms with van der Waals surface area (Å²) in [7, 11) is 0. The molecule has 5 nitrogen and oxygen atoms in total. The largest absolute Gasteiger partial charge is 0.309 e. The number of benzene rings is 7. The molecule has 0 aliphatic carbocycles. The minimum atomic E-state index is 0.588. The van der Waals surface area contributed by atoms with Gasteiger partial charge in [0.2, 0.25) is 0 Å². The van der Waals surface area contributed by atoms with Gasteiger partial charge in [-0.3, -0.25) is 0 Å². The first-order valence-corrected chi connectivity index (χ1v) is 16.2. The molecule has 0 amide bonds. The van der Waals surface area contributed by atoms with E-state index in [4.69, 9.17) is 0 Å². The maximum atomic E-state index is 10.2. The summed E-state index contributed by atoms with van der Waals surface area (Å²) in [5.74, 6) is 0. The fraction of sp³-hybridized carbons (Fsp3) is 0. The van der Waals surface area contributed by atoms with Crippen molar-refractivity contribution in [3.63, 3.8) is 0 Å². The van der Waals surface area contributed by atoms with Gasteiger partial charge in [-0.1, -0.05) is 78.9 Å². The van der Waals surface area contributed by atoms with Crippen molar-refractivity contribution >= 4 is 65.4 Å². The van der Waals surface area contributed by atoms with E-state index in [2.05, 4.69) is 129 Å². The second-order valence-corrected chi connectivity index (χ2v) is 12.4. The first kappa shape index (κ1) is 27.1. The van der Waals surface area contributed by atoms with Gasteiger partial charge in [-0.05, 0) is 72.8 Å². The standard InChI is InChI=1S/C44H25N5/c45-26-28-19-22-38-35(25-28)42-40(49(38)36-17-9-7-11-29(36)27-46)24-21-33-32-20-23-39-41(43(32)48(44(33)42)31-14-5-2-6-15-31)34-16-8-10-18-37(34)47(39)30-12-3-1-4-13-30/h1-25H. The molecule has 3 heterocycles. The average Bonchev–Trinajstić information content (AvgIpc) is 3.80. The Kier molecular flexibility index (Phi) is 5.64. The first-order valence-electron chi connectivity index (χ1n) is 16.2. The molecule has 0 N–H and O–H groups in total. The topological polar surface area (TPSA) is 62.4 Å². The van der Waals surface area contributed by atoms with Crippen molar-refractivity contribution in [3.05, 3.63) is 163 Å². The zero-order valence-corrected chi connectivity index (χ0v) is 26.2. The predicted octanol–water partition coefficient (Wildman–Crippen LogP) is 10.7. The van der Waals surface area contributed by atoms with Crippen LogP contribution in [0.4, 0.5) is 0 Å². The van der Waals surface area contributed by atoms with Gasteiger partial charge in [-0.2, -0.15) is 10.5 Å². The molecule has 0 atom stereocenters. The van der Waals surface area contributed by atoms with Crippen LogP contribution in [0.1, 0.15) is 11.1 Å². The van der Waals surface area contributed by atoms with Crippen LogP contribution in [0.5, 0.6) is 0 Å². The molecule has 226 valence electrons. The molecule has 0 aliphatic rings. The summed E-state index contributed by atoms with van der Waals surface area (Å²) in [6.07, 6.45) is 0. The lowest BCUT2D eigenvalue weighted by atomic mass is 10.0. The van der Waals surface area contributed by atoms with E-state index in [-0.39, 0.29) is 0 Å². The van der Waals surface area contributed by atoms with E-state index >= 15 is 0 Å². The summed E-state index contributed by atoms with van der Waals surface area (Å²) < 4.78 is 6.94. The molecule has 0 saturated carbocycles. The van der Waals surface area contributed by atoms with E-state index in [9.17, 15) is 10.5 Å². The Hall–Kier alpha value is -7.08. The van der Waals surface area contributed by atoms with Crippen LogP contribution >= 0.6 is 0 Å².